The lowest BCUT2D eigenvalue weighted by molar-refractivity contribution is 0.431. The molecule has 0 aliphatic carbocycles. The van der Waals surface area contributed by atoms with Gasteiger partial charge < -0.3 is 9.84 Å². The number of rotatable bonds is 1. The highest BCUT2D eigenvalue weighted by Crippen LogP contribution is 2.33. The molecule has 0 saturated heterocycles. The highest BCUT2D eigenvalue weighted by Gasteiger charge is 2.21. The van der Waals surface area contributed by atoms with Gasteiger partial charge in [-0.15, -0.1) is 0 Å². The predicted molar refractivity (Wildman–Crippen MR) is 58.7 cm³/mol. The number of nitrogens with zero attached hydrogens (tertiary/aromatic N) is 1. The van der Waals surface area contributed by atoms with Crippen molar-refractivity contribution in [3.63, 3.8) is 0 Å². The molecule has 1 aliphatic heterocycles. The highest BCUT2D eigenvalue weighted by atomic mass is 19.1. The molecule has 1 aliphatic rings. The highest BCUT2D eigenvalue weighted by molar-refractivity contribution is 5.68. The Kier molecular flexibility index (Phi) is 2.13. The number of hydrogen-bond donors (Lipinski definition) is 1. The van der Waals surface area contributed by atoms with Crippen molar-refractivity contribution in [1.82, 2.24) is 5.16 Å². The van der Waals surface area contributed by atoms with E-state index in [-0.39, 0.29) is 5.82 Å². The van der Waals surface area contributed by atoms with Crippen molar-refractivity contribution in [1.29, 1.82) is 0 Å². The molecule has 1 N–H and O–H groups in total. The maximum Gasteiger partial charge on any atom is 0.228 e. The topological polar surface area (TPSA) is 38.1 Å². The van der Waals surface area contributed by atoms with Gasteiger partial charge in [-0.25, -0.2) is 4.39 Å². The van der Waals surface area contributed by atoms with Gasteiger partial charge >= 0.3 is 0 Å². The Balaban J connectivity index is 2.13. The Labute approximate surface area is 92.3 Å². The first-order valence-electron chi connectivity index (χ1n) is 5.33. The van der Waals surface area contributed by atoms with E-state index in [1.807, 2.05) is 0 Å². The molecule has 0 amide bonds. The lowest BCUT2D eigenvalue weighted by Gasteiger charge is -2.11. The number of benzene rings is 1. The van der Waals surface area contributed by atoms with Crippen molar-refractivity contribution < 1.29 is 8.91 Å². The molecule has 16 heavy (non-hydrogen) atoms. The lowest BCUT2D eigenvalue weighted by Crippen LogP contribution is -2.10. The second-order valence-electron chi connectivity index (χ2n) is 3.85. The van der Waals surface area contributed by atoms with Crippen LogP contribution in [0.2, 0.25) is 0 Å². The fourth-order valence-corrected chi connectivity index (χ4v) is 2.01. The van der Waals surface area contributed by atoms with Crippen LogP contribution in [-0.4, -0.2) is 11.7 Å². The maximum atomic E-state index is 13.6. The van der Waals surface area contributed by atoms with Crippen LogP contribution in [0.5, 0.6) is 0 Å². The van der Waals surface area contributed by atoms with Gasteiger partial charge in [0, 0.05) is 17.7 Å². The molecule has 0 spiro atoms. The van der Waals surface area contributed by atoms with E-state index in [1.54, 1.807) is 18.2 Å². The zero-order valence-electron chi connectivity index (χ0n) is 8.66. The van der Waals surface area contributed by atoms with Crippen LogP contribution in [-0.2, 0) is 6.42 Å². The molecule has 1 aromatic carbocycles. The molecule has 3 rings (SSSR count). The van der Waals surface area contributed by atoms with Gasteiger partial charge in [-0.1, -0.05) is 17.3 Å². The summed E-state index contributed by atoms with van der Waals surface area (Å²) < 4.78 is 18.8. The average Bonchev–Trinajstić information content (AvgIpc) is 2.74. The van der Waals surface area contributed by atoms with E-state index in [4.69, 9.17) is 4.52 Å². The molecule has 82 valence electrons. The molecule has 2 heterocycles. The minimum atomic E-state index is -0.260. The largest absolute Gasteiger partial charge is 0.354 e. The van der Waals surface area contributed by atoms with Crippen LogP contribution >= 0.6 is 0 Å². The molecule has 0 bridgehead atoms. The van der Waals surface area contributed by atoms with Crippen LogP contribution in [0, 0.1) is 5.82 Å². The molecule has 0 fully saturated rings. The summed E-state index contributed by atoms with van der Waals surface area (Å²) in [6, 6.07) is 6.63. The Morgan fingerprint density at radius 1 is 1.31 bits per heavy atom. The number of hydrogen-bond acceptors (Lipinski definition) is 3. The van der Waals surface area contributed by atoms with Gasteiger partial charge in [-0.2, -0.15) is 0 Å². The normalized spacial score (nSPS) is 14.3. The minimum Gasteiger partial charge on any atom is -0.354 e. The summed E-state index contributed by atoms with van der Waals surface area (Å²) in [4.78, 5) is 0. The summed E-state index contributed by atoms with van der Waals surface area (Å²) in [5.74, 6) is 0.425. The molecule has 1 aromatic heterocycles. The fourth-order valence-electron chi connectivity index (χ4n) is 2.01. The Morgan fingerprint density at radius 2 is 2.19 bits per heavy atom. The minimum absolute atomic E-state index is 0.260. The molecule has 0 unspecified atom stereocenters. The standard InChI is InChI=1S/C12H11FN2O/c13-10-6-2-1-4-8(10)11-9-5-3-7-14-12(9)16-15-11/h1-2,4,6,14H,3,5,7H2. The van der Waals surface area contributed by atoms with E-state index in [2.05, 4.69) is 10.5 Å². The third-order valence-corrected chi connectivity index (χ3v) is 2.81. The molecule has 0 saturated carbocycles. The number of anilines is 1. The van der Waals surface area contributed by atoms with Crippen LogP contribution in [0.25, 0.3) is 11.3 Å². The fraction of sp³-hybridized carbons (Fsp3) is 0.250. The van der Waals surface area contributed by atoms with Crippen molar-refractivity contribution in [2.45, 2.75) is 12.8 Å². The van der Waals surface area contributed by atoms with Crippen LogP contribution < -0.4 is 5.32 Å². The van der Waals surface area contributed by atoms with Crippen LogP contribution in [0.15, 0.2) is 28.8 Å². The molecular formula is C12H11FN2O. The predicted octanol–water partition coefficient (Wildman–Crippen LogP) is 2.84. The number of aromatic nitrogens is 1. The molecule has 2 aromatic rings. The summed E-state index contributed by atoms with van der Waals surface area (Å²) in [5.41, 5.74) is 2.12. The van der Waals surface area contributed by atoms with E-state index >= 15 is 0 Å². The first kappa shape index (κ1) is 9.39. The van der Waals surface area contributed by atoms with Crippen LogP contribution in [0.4, 0.5) is 10.3 Å². The Hall–Kier alpha value is -1.84. The molecule has 0 radical (unpaired) electrons. The van der Waals surface area contributed by atoms with Gasteiger partial charge in [0.25, 0.3) is 0 Å². The number of halogens is 1. The molecular weight excluding hydrogens is 207 g/mol. The zero-order valence-corrected chi connectivity index (χ0v) is 8.66. The van der Waals surface area contributed by atoms with Crippen molar-refractivity contribution in [3.8, 4) is 11.3 Å². The SMILES string of the molecule is Fc1ccccc1-c1noc2c1CCCN2. The van der Waals surface area contributed by atoms with Crippen LogP contribution in [0.1, 0.15) is 12.0 Å². The summed E-state index contributed by atoms with van der Waals surface area (Å²) in [7, 11) is 0. The van der Waals surface area contributed by atoms with Crippen molar-refractivity contribution >= 4 is 5.88 Å². The van der Waals surface area contributed by atoms with E-state index in [0.717, 1.165) is 24.9 Å². The van der Waals surface area contributed by atoms with Gasteiger partial charge in [0.05, 0.1) is 0 Å². The molecule has 0 atom stereocenters. The van der Waals surface area contributed by atoms with Gasteiger partial charge in [-0.3, -0.25) is 0 Å². The summed E-state index contributed by atoms with van der Waals surface area (Å²) in [6.45, 7) is 0.888. The Bertz CT molecular complexity index is 521. The smallest absolute Gasteiger partial charge is 0.228 e. The molecule has 4 heteroatoms. The monoisotopic (exact) mass is 218 g/mol. The van der Waals surface area contributed by atoms with E-state index in [9.17, 15) is 4.39 Å². The summed E-state index contributed by atoms with van der Waals surface area (Å²) in [5, 5.41) is 7.07. The third kappa shape index (κ3) is 1.38. The number of nitrogens with one attached hydrogen (secondary N) is 1. The van der Waals surface area contributed by atoms with Gasteiger partial charge in [0.1, 0.15) is 11.5 Å². The quantitative estimate of drug-likeness (QED) is 0.799. The third-order valence-electron chi connectivity index (χ3n) is 2.81. The van der Waals surface area contributed by atoms with Gasteiger partial charge in [-0.05, 0) is 25.0 Å². The van der Waals surface area contributed by atoms with E-state index in [0.29, 0.717) is 17.1 Å². The first-order valence-corrected chi connectivity index (χ1v) is 5.33. The van der Waals surface area contributed by atoms with E-state index in [1.165, 1.54) is 6.07 Å². The van der Waals surface area contributed by atoms with Gasteiger partial charge in [0.2, 0.25) is 5.88 Å². The van der Waals surface area contributed by atoms with Crippen LogP contribution in [0.3, 0.4) is 0 Å². The lowest BCUT2D eigenvalue weighted by atomic mass is 10.0. The summed E-state index contributed by atoms with van der Waals surface area (Å²) in [6.07, 6.45) is 1.91. The van der Waals surface area contributed by atoms with Gasteiger partial charge in [0.15, 0.2) is 0 Å². The summed E-state index contributed by atoms with van der Waals surface area (Å²) >= 11 is 0. The zero-order chi connectivity index (χ0) is 11.0. The first-order chi connectivity index (χ1) is 7.86. The second-order valence-corrected chi connectivity index (χ2v) is 3.85. The van der Waals surface area contributed by atoms with Crippen molar-refractivity contribution in [2.24, 2.45) is 0 Å². The second kappa shape index (κ2) is 3.63. The number of fused-ring (bicyclic) bond motifs is 1. The Morgan fingerprint density at radius 3 is 3.06 bits per heavy atom. The van der Waals surface area contributed by atoms with Crippen molar-refractivity contribution in [2.75, 3.05) is 11.9 Å². The average molecular weight is 218 g/mol. The molecule has 3 nitrogen and oxygen atoms in total. The van der Waals surface area contributed by atoms with Crippen molar-refractivity contribution in [3.05, 3.63) is 35.6 Å². The maximum absolute atomic E-state index is 13.6. The van der Waals surface area contributed by atoms with E-state index < -0.39 is 0 Å².